The Morgan fingerprint density at radius 2 is 1.83 bits per heavy atom. The lowest BCUT2D eigenvalue weighted by atomic mass is 9.99. The van der Waals surface area contributed by atoms with Gasteiger partial charge in [-0.3, -0.25) is 4.39 Å². The van der Waals surface area contributed by atoms with Crippen LogP contribution in [0, 0.1) is 11.8 Å². The molecule has 0 aromatic carbocycles. The number of hydrogen-bond acceptors (Lipinski definition) is 1. The van der Waals surface area contributed by atoms with Crippen LogP contribution in [0.2, 0.25) is 0 Å². The van der Waals surface area contributed by atoms with E-state index < -0.39 is 0 Å². The monoisotopic (exact) mass is 171 g/mol. The summed E-state index contributed by atoms with van der Waals surface area (Å²) < 4.78 is 11.9. The zero-order chi connectivity index (χ0) is 8.39. The van der Waals surface area contributed by atoms with Gasteiger partial charge in [-0.15, -0.1) is 0 Å². The van der Waals surface area contributed by atoms with Crippen LogP contribution in [0.3, 0.4) is 0 Å². The molecule has 1 nitrogen and oxygen atoms in total. The second-order valence-corrected chi connectivity index (χ2v) is 4.35. The Hall–Kier alpha value is -0.110. The van der Waals surface area contributed by atoms with Gasteiger partial charge in [0.05, 0.1) is 6.67 Å². The molecule has 12 heavy (non-hydrogen) atoms. The molecule has 1 saturated carbocycles. The van der Waals surface area contributed by atoms with Gasteiger partial charge in [0.15, 0.2) is 0 Å². The van der Waals surface area contributed by atoms with Gasteiger partial charge in [0.1, 0.15) is 0 Å². The molecule has 2 fully saturated rings. The summed E-state index contributed by atoms with van der Waals surface area (Å²) in [4.78, 5) is 2.46. The Bertz CT molecular complexity index is 137. The molecule has 2 aliphatic rings. The Balaban J connectivity index is 1.78. The summed E-state index contributed by atoms with van der Waals surface area (Å²) in [6.45, 7) is 3.34. The van der Waals surface area contributed by atoms with Gasteiger partial charge in [-0.25, -0.2) is 0 Å². The van der Waals surface area contributed by atoms with E-state index in [9.17, 15) is 4.39 Å². The van der Waals surface area contributed by atoms with Crippen LogP contribution in [0.4, 0.5) is 4.39 Å². The van der Waals surface area contributed by atoms with Crippen molar-refractivity contribution >= 4 is 0 Å². The molecule has 2 rings (SSSR count). The van der Waals surface area contributed by atoms with Crippen LogP contribution in [-0.2, 0) is 0 Å². The average Bonchev–Trinajstić information content (AvgIpc) is 2.42. The lowest BCUT2D eigenvalue weighted by Gasteiger charge is -2.31. The largest absolute Gasteiger partial charge is 0.303 e. The van der Waals surface area contributed by atoms with Crippen LogP contribution in [0.25, 0.3) is 0 Å². The smallest absolute Gasteiger partial charge is 0.0906 e. The molecule has 0 radical (unpaired) electrons. The second-order valence-electron chi connectivity index (χ2n) is 4.35. The third kappa shape index (κ3) is 1.79. The third-order valence-electron chi connectivity index (χ3n) is 3.29. The highest BCUT2D eigenvalue weighted by molar-refractivity contribution is 4.85. The van der Waals surface area contributed by atoms with Crippen molar-refractivity contribution in [3.05, 3.63) is 0 Å². The molecule has 1 aliphatic heterocycles. The van der Waals surface area contributed by atoms with Crippen LogP contribution in [0.5, 0.6) is 0 Å². The van der Waals surface area contributed by atoms with Crippen LogP contribution >= 0.6 is 0 Å². The molecule has 1 saturated heterocycles. The molecule has 2 atom stereocenters. The fourth-order valence-electron chi connectivity index (χ4n) is 2.78. The number of hydrogen-bond donors (Lipinski definition) is 0. The van der Waals surface area contributed by atoms with Crippen molar-refractivity contribution in [2.45, 2.75) is 25.7 Å². The van der Waals surface area contributed by atoms with Gasteiger partial charge in [-0.05, 0) is 37.5 Å². The number of fused-ring (bicyclic) bond motifs is 2. The highest BCUT2D eigenvalue weighted by atomic mass is 19.1. The zero-order valence-electron chi connectivity index (χ0n) is 7.64. The van der Waals surface area contributed by atoms with E-state index in [0.717, 1.165) is 24.8 Å². The lowest BCUT2D eigenvalue weighted by Crippen LogP contribution is -2.37. The van der Waals surface area contributed by atoms with Crippen molar-refractivity contribution in [3.63, 3.8) is 0 Å². The minimum absolute atomic E-state index is 0.147. The summed E-state index contributed by atoms with van der Waals surface area (Å²) in [6, 6.07) is 0. The van der Waals surface area contributed by atoms with Gasteiger partial charge in [0.25, 0.3) is 0 Å². The number of alkyl halides is 1. The van der Waals surface area contributed by atoms with E-state index in [1.165, 1.54) is 32.4 Å². The van der Waals surface area contributed by atoms with E-state index in [2.05, 4.69) is 4.90 Å². The fraction of sp³-hybridized carbons (Fsp3) is 1.00. The molecule has 70 valence electrons. The maximum absolute atomic E-state index is 11.9. The summed E-state index contributed by atoms with van der Waals surface area (Å²) in [5, 5.41) is 0. The third-order valence-corrected chi connectivity index (χ3v) is 3.29. The van der Waals surface area contributed by atoms with Crippen molar-refractivity contribution in [1.82, 2.24) is 4.90 Å². The minimum atomic E-state index is -0.147. The first-order chi connectivity index (χ1) is 5.88. The quantitative estimate of drug-likeness (QED) is 0.628. The van der Waals surface area contributed by atoms with E-state index >= 15 is 0 Å². The molecule has 0 amide bonds. The van der Waals surface area contributed by atoms with E-state index in [1.807, 2.05) is 0 Å². The molecular formula is C10H18FN. The van der Waals surface area contributed by atoms with Crippen LogP contribution < -0.4 is 0 Å². The normalized spacial score (nSPS) is 35.8. The van der Waals surface area contributed by atoms with Gasteiger partial charge in [0, 0.05) is 19.6 Å². The Labute approximate surface area is 73.9 Å². The lowest BCUT2D eigenvalue weighted by molar-refractivity contribution is 0.162. The number of rotatable bonds is 3. The first kappa shape index (κ1) is 8.49. The fourth-order valence-corrected chi connectivity index (χ4v) is 2.78. The highest BCUT2D eigenvalue weighted by Gasteiger charge is 2.32. The number of halogens is 1. The van der Waals surface area contributed by atoms with Gasteiger partial charge in [0.2, 0.25) is 0 Å². The van der Waals surface area contributed by atoms with Crippen molar-refractivity contribution in [2.24, 2.45) is 11.8 Å². The number of piperidine rings is 1. The Morgan fingerprint density at radius 3 is 2.42 bits per heavy atom. The van der Waals surface area contributed by atoms with Gasteiger partial charge in [-0.2, -0.15) is 0 Å². The van der Waals surface area contributed by atoms with Crippen molar-refractivity contribution in [3.8, 4) is 0 Å². The van der Waals surface area contributed by atoms with Crippen molar-refractivity contribution < 1.29 is 4.39 Å². The predicted octanol–water partition coefficient (Wildman–Crippen LogP) is 2.08. The molecule has 1 aliphatic carbocycles. The Kier molecular flexibility index (Phi) is 2.64. The predicted molar refractivity (Wildman–Crippen MR) is 47.9 cm³/mol. The number of likely N-dealkylation sites (tertiary alicyclic amines) is 1. The summed E-state index contributed by atoms with van der Waals surface area (Å²) in [5.74, 6) is 1.90. The highest BCUT2D eigenvalue weighted by Crippen LogP contribution is 2.36. The van der Waals surface area contributed by atoms with Crippen molar-refractivity contribution in [2.75, 3.05) is 26.3 Å². The Morgan fingerprint density at radius 1 is 1.17 bits per heavy atom. The average molecular weight is 171 g/mol. The summed E-state index contributed by atoms with van der Waals surface area (Å²) >= 11 is 0. The second kappa shape index (κ2) is 3.73. The SMILES string of the molecule is FCCCN1CC2CCC(C2)C1. The molecular weight excluding hydrogens is 153 g/mol. The van der Waals surface area contributed by atoms with Crippen LogP contribution in [-0.4, -0.2) is 31.2 Å². The van der Waals surface area contributed by atoms with Crippen LogP contribution in [0.15, 0.2) is 0 Å². The van der Waals surface area contributed by atoms with E-state index in [1.54, 1.807) is 0 Å². The van der Waals surface area contributed by atoms with Gasteiger partial charge in [-0.1, -0.05) is 0 Å². The summed E-state index contributed by atoms with van der Waals surface area (Å²) in [6.07, 6.45) is 5.04. The molecule has 2 unspecified atom stereocenters. The molecule has 0 N–H and O–H groups in total. The topological polar surface area (TPSA) is 3.24 Å². The zero-order valence-corrected chi connectivity index (χ0v) is 7.64. The van der Waals surface area contributed by atoms with E-state index in [0.29, 0.717) is 0 Å². The molecule has 2 heteroatoms. The minimum Gasteiger partial charge on any atom is -0.303 e. The van der Waals surface area contributed by atoms with Gasteiger partial charge >= 0.3 is 0 Å². The first-order valence-corrected chi connectivity index (χ1v) is 5.17. The molecule has 2 bridgehead atoms. The summed E-state index contributed by atoms with van der Waals surface area (Å²) in [5.41, 5.74) is 0. The van der Waals surface area contributed by atoms with Crippen molar-refractivity contribution in [1.29, 1.82) is 0 Å². The standard InChI is InChI=1S/C10H18FN/c11-4-1-5-12-7-9-2-3-10(6-9)8-12/h9-10H,1-8H2. The first-order valence-electron chi connectivity index (χ1n) is 5.17. The number of nitrogens with zero attached hydrogens (tertiary/aromatic N) is 1. The molecule has 0 aromatic heterocycles. The summed E-state index contributed by atoms with van der Waals surface area (Å²) in [7, 11) is 0. The van der Waals surface area contributed by atoms with E-state index in [-0.39, 0.29) is 6.67 Å². The van der Waals surface area contributed by atoms with E-state index in [4.69, 9.17) is 0 Å². The maximum atomic E-state index is 11.9. The molecule has 1 heterocycles. The molecule has 0 spiro atoms. The molecule has 0 aromatic rings. The van der Waals surface area contributed by atoms with Gasteiger partial charge < -0.3 is 4.90 Å². The maximum Gasteiger partial charge on any atom is 0.0906 e. The van der Waals surface area contributed by atoms with Crippen LogP contribution in [0.1, 0.15) is 25.7 Å².